The Kier molecular flexibility index (Phi) is 3.44. The number of likely N-dealkylation sites (N-methyl/N-ethyl adjacent to an activating group) is 1. The highest BCUT2D eigenvalue weighted by molar-refractivity contribution is 5.94. The monoisotopic (exact) mass is 280 g/mol. The van der Waals surface area contributed by atoms with Gasteiger partial charge in [0.15, 0.2) is 11.5 Å². The van der Waals surface area contributed by atoms with Crippen LogP contribution in [0.3, 0.4) is 0 Å². The first-order valence-corrected chi connectivity index (χ1v) is 6.81. The number of carbonyl (C=O) groups excluding carboxylic acids is 1. The summed E-state index contributed by atoms with van der Waals surface area (Å²) in [5.41, 5.74) is 3.35. The number of para-hydroxylation sites is 1. The van der Waals surface area contributed by atoms with Crippen molar-refractivity contribution in [3.63, 3.8) is 0 Å². The van der Waals surface area contributed by atoms with Crippen molar-refractivity contribution < 1.29 is 9.21 Å². The molecule has 0 aliphatic carbocycles. The maximum absolute atomic E-state index is 12.3. The molecule has 4 nitrogen and oxygen atoms in total. The summed E-state index contributed by atoms with van der Waals surface area (Å²) in [5.74, 6) is 0.673. The van der Waals surface area contributed by atoms with E-state index in [4.69, 9.17) is 4.42 Å². The van der Waals surface area contributed by atoms with E-state index in [9.17, 15) is 4.79 Å². The van der Waals surface area contributed by atoms with Gasteiger partial charge in [-0.1, -0.05) is 24.3 Å². The lowest BCUT2D eigenvalue weighted by atomic mass is 10.1. The van der Waals surface area contributed by atoms with Crippen LogP contribution >= 0.6 is 0 Å². The van der Waals surface area contributed by atoms with Crippen molar-refractivity contribution in [2.24, 2.45) is 0 Å². The fourth-order valence-corrected chi connectivity index (χ4v) is 2.28. The molecule has 0 fully saturated rings. The van der Waals surface area contributed by atoms with Gasteiger partial charge in [-0.05, 0) is 29.8 Å². The predicted molar refractivity (Wildman–Crippen MR) is 82.3 cm³/mol. The minimum atomic E-state index is 0.0387. The molecule has 1 heterocycles. The number of fused-ring (bicyclic) bond motifs is 1. The van der Waals surface area contributed by atoms with Gasteiger partial charge in [0.2, 0.25) is 5.91 Å². The molecule has 0 saturated carbocycles. The molecular weight excluding hydrogens is 264 g/mol. The van der Waals surface area contributed by atoms with Crippen molar-refractivity contribution in [3.8, 4) is 0 Å². The van der Waals surface area contributed by atoms with Gasteiger partial charge in [-0.3, -0.25) is 4.79 Å². The lowest BCUT2D eigenvalue weighted by Gasteiger charge is -2.17. The summed E-state index contributed by atoms with van der Waals surface area (Å²) >= 11 is 0. The van der Waals surface area contributed by atoms with Gasteiger partial charge in [0, 0.05) is 19.7 Å². The number of carbonyl (C=O) groups is 1. The molecule has 0 aliphatic rings. The molecule has 0 unspecified atom stereocenters. The number of aryl methyl sites for hydroxylation is 1. The molecule has 106 valence electrons. The molecule has 0 spiro atoms. The van der Waals surface area contributed by atoms with Gasteiger partial charge in [0.05, 0.1) is 6.42 Å². The molecule has 3 aromatic rings. The van der Waals surface area contributed by atoms with Gasteiger partial charge >= 0.3 is 0 Å². The van der Waals surface area contributed by atoms with E-state index >= 15 is 0 Å². The van der Waals surface area contributed by atoms with Gasteiger partial charge in [-0.15, -0.1) is 0 Å². The normalized spacial score (nSPS) is 10.8. The third-order valence-electron chi connectivity index (χ3n) is 3.43. The molecule has 1 amide bonds. The minimum absolute atomic E-state index is 0.0387. The smallest absolute Gasteiger partial charge is 0.231 e. The lowest BCUT2D eigenvalue weighted by Crippen LogP contribution is -2.27. The molecule has 0 atom stereocenters. The maximum atomic E-state index is 12.3. The highest BCUT2D eigenvalue weighted by atomic mass is 16.3. The standard InChI is InChI=1S/C17H16N2O2/c1-12-18-15-9-8-13(10-16(15)21-12)11-17(20)19(2)14-6-4-3-5-7-14/h3-10H,11H2,1-2H3. The second-order valence-corrected chi connectivity index (χ2v) is 5.00. The van der Waals surface area contributed by atoms with Crippen molar-refractivity contribution in [2.45, 2.75) is 13.3 Å². The summed E-state index contributed by atoms with van der Waals surface area (Å²) in [4.78, 5) is 18.3. The second kappa shape index (κ2) is 5.40. The molecule has 4 heteroatoms. The predicted octanol–water partition coefficient (Wildman–Crippen LogP) is 3.34. The molecular formula is C17H16N2O2. The molecule has 1 aromatic heterocycles. The summed E-state index contributed by atoms with van der Waals surface area (Å²) in [6.07, 6.45) is 0.334. The molecule has 0 saturated heterocycles. The molecule has 0 radical (unpaired) electrons. The third-order valence-corrected chi connectivity index (χ3v) is 3.43. The molecule has 21 heavy (non-hydrogen) atoms. The van der Waals surface area contributed by atoms with Crippen LogP contribution in [0.1, 0.15) is 11.5 Å². The van der Waals surface area contributed by atoms with Crippen molar-refractivity contribution >= 4 is 22.7 Å². The zero-order valence-electron chi connectivity index (χ0n) is 12.0. The van der Waals surface area contributed by atoms with Crippen molar-refractivity contribution in [1.82, 2.24) is 4.98 Å². The lowest BCUT2D eigenvalue weighted by molar-refractivity contribution is -0.117. The van der Waals surface area contributed by atoms with E-state index in [1.165, 1.54) is 0 Å². The van der Waals surface area contributed by atoms with Crippen LogP contribution in [0, 0.1) is 6.92 Å². The maximum Gasteiger partial charge on any atom is 0.231 e. The summed E-state index contributed by atoms with van der Waals surface area (Å²) < 4.78 is 5.50. The number of nitrogens with zero attached hydrogens (tertiary/aromatic N) is 2. The minimum Gasteiger partial charge on any atom is -0.441 e. The topological polar surface area (TPSA) is 46.3 Å². The highest BCUT2D eigenvalue weighted by Gasteiger charge is 2.12. The van der Waals surface area contributed by atoms with Crippen LogP contribution < -0.4 is 4.90 Å². The zero-order chi connectivity index (χ0) is 14.8. The average Bonchev–Trinajstić information content (AvgIpc) is 2.86. The number of hydrogen-bond acceptors (Lipinski definition) is 3. The molecule has 0 aliphatic heterocycles. The van der Waals surface area contributed by atoms with E-state index in [1.54, 1.807) is 11.9 Å². The van der Waals surface area contributed by atoms with E-state index < -0.39 is 0 Å². The van der Waals surface area contributed by atoms with Crippen molar-refractivity contribution in [1.29, 1.82) is 0 Å². The summed E-state index contributed by atoms with van der Waals surface area (Å²) in [5, 5.41) is 0. The number of benzene rings is 2. The van der Waals surface area contributed by atoms with Gasteiger partial charge < -0.3 is 9.32 Å². The molecule has 0 bridgehead atoms. The van der Waals surface area contributed by atoms with Crippen LogP contribution in [0.15, 0.2) is 52.9 Å². The van der Waals surface area contributed by atoms with Crippen LogP contribution in [0.25, 0.3) is 11.1 Å². The fraction of sp³-hybridized carbons (Fsp3) is 0.176. The Labute approximate surface area is 123 Å². The van der Waals surface area contributed by atoms with Gasteiger partial charge in [-0.2, -0.15) is 0 Å². The Bertz CT molecular complexity index is 778. The van der Waals surface area contributed by atoms with Gasteiger partial charge in [0.25, 0.3) is 0 Å². The van der Waals surface area contributed by atoms with E-state index in [2.05, 4.69) is 4.98 Å². The number of rotatable bonds is 3. The Balaban J connectivity index is 1.79. The second-order valence-electron chi connectivity index (χ2n) is 5.00. The first kappa shape index (κ1) is 13.4. The molecule has 2 aromatic carbocycles. The summed E-state index contributed by atoms with van der Waals surface area (Å²) in [7, 11) is 1.79. The van der Waals surface area contributed by atoms with Gasteiger partial charge in [0.1, 0.15) is 5.52 Å². The average molecular weight is 280 g/mol. The van der Waals surface area contributed by atoms with E-state index in [1.807, 2.05) is 55.5 Å². The molecule has 0 N–H and O–H groups in total. The van der Waals surface area contributed by atoms with Crippen LogP contribution in [0.5, 0.6) is 0 Å². The Morgan fingerprint density at radius 2 is 1.95 bits per heavy atom. The number of hydrogen-bond donors (Lipinski definition) is 0. The Morgan fingerprint density at radius 1 is 1.19 bits per heavy atom. The van der Waals surface area contributed by atoms with Gasteiger partial charge in [-0.25, -0.2) is 4.98 Å². The summed E-state index contributed by atoms with van der Waals surface area (Å²) in [6, 6.07) is 15.3. The SMILES string of the molecule is Cc1nc2ccc(CC(=O)N(C)c3ccccc3)cc2o1. The number of anilines is 1. The zero-order valence-corrected chi connectivity index (χ0v) is 12.0. The first-order valence-electron chi connectivity index (χ1n) is 6.81. The van der Waals surface area contributed by atoms with Crippen LogP contribution in [-0.4, -0.2) is 17.9 Å². The quantitative estimate of drug-likeness (QED) is 0.739. The summed E-state index contributed by atoms with van der Waals surface area (Å²) in [6.45, 7) is 1.81. The van der Waals surface area contributed by atoms with Crippen molar-refractivity contribution in [3.05, 3.63) is 60.0 Å². The van der Waals surface area contributed by atoms with Crippen molar-refractivity contribution in [2.75, 3.05) is 11.9 Å². The van der Waals surface area contributed by atoms with Crippen LogP contribution in [0.2, 0.25) is 0 Å². The van der Waals surface area contributed by atoms with Crippen LogP contribution in [0.4, 0.5) is 5.69 Å². The van der Waals surface area contributed by atoms with Crippen LogP contribution in [-0.2, 0) is 11.2 Å². The number of amides is 1. The van der Waals surface area contributed by atoms with E-state index in [0.29, 0.717) is 12.3 Å². The first-order chi connectivity index (χ1) is 10.1. The number of oxazole rings is 1. The third kappa shape index (κ3) is 2.79. The number of aromatic nitrogens is 1. The Morgan fingerprint density at radius 3 is 2.71 bits per heavy atom. The molecule has 3 rings (SSSR count). The Hall–Kier alpha value is -2.62. The highest BCUT2D eigenvalue weighted by Crippen LogP contribution is 2.18. The van der Waals surface area contributed by atoms with E-state index in [0.717, 1.165) is 22.4 Å². The van der Waals surface area contributed by atoms with E-state index in [-0.39, 0.29) is 5.91 Å². The fourth-order valence-electron chi connectivity index (χ4n) is 2.28. The largest absolute Gasteiger partial charge is 0.441 e.